The van der Waals surface area contributed by atoms with Crippen molar-refractivity contribution >= 4 is 95.1 Å². The van der Waals surface area contributed by atoms with Gasteiger partial charge in [-0.15, -0.1) is 0 Å². The summed E-state index contributed by atoms with van der Waals surface area (Å²) in [5, 5.41) is 30.5. The number of unbranched alkanes of at least 4 members (excludes halogenated alkanes) is 3. The third kappa shape index (κ3) is 15.1. The topological polar surface area (TPSA) is 491 Å². The summed E-state index contributed by atoms with van der Waals surface area (Å²) in [6, 6.07) is 12.0. The summed E-state index contributed by atoms with van der Waals surface area (Å²) in [7, 11) is -26.0. The van der Waals surface area contributed by atoms with E-state index in [0.717, 1.165) is 6.33 Å². The molecule has 0 saturated carbocycles. The fraction of sp³-hybridized carbons (Fsp3) is 0.422. The molecule has 0 bridgehead atoms. The third-order valence-corrected chi connectivity index (χ3v) is 18.1. The molecule has 2 aromatic heterocycles. The van der Waals surface area contributed by atoms with Crippen molar-refractivity contribution in [3.8, 4) is 22.5 Å². The van der Waals surface area contributed by atoms with Crippen molar-refractivity contribution in [2.45, 2.75) is 86.7 Å². The van der Waals surface area contributed by atoms with Crippen molar-refractivity contribution in [3.05, 3.63) is 65.8 Å². The van der Waals surface area contributed by atoms with Crippen LogP contribution in [0.15, 0.2) is 69.1 Å². The number of carbonyl (C=O) groups excluding carboxylic acids is 2. The van der Waals surface area contributed by atoms with Crippen molar-refractivity contribution in [2.24, 2.45) is 0 Å². The molecule has 2 amide bonds. The summed E-state index contributed by atoms with van der Waals surface area (Å²) in [5.74, 6) is -1.29. The molecule has 13 N–H and O–H groups in total. The molecule has 3 aliphatic rings. The molecule has 6 atom stereocenters. The molecule has 82 heavy (non-hydrogen) atoms. The number of anilines is 3. The summed E-state index contributed by atoms with van der Waals surface area (Å²) in [6.07, 6.45) is -2.86. The minimum Gasteiger partial charge on any atom is -0.744 e. The molecule has 4 heterocycles. The lowest BCUT2D eigenvalue weighted by atomic mass is 9.90. The molecule has 0 radical (unpaired) electrons. The summed E-state index contributed by atoms with van der Waals surface area (Å²) in [5.41, 5.74) is 6.00. The van der Waals surface area contributed by atoms with Gasteiger partial charge >= 0.3 is 33.6 Å². The van der Waals surface area contributed by atoms with Crippen LogP contribution in [0.4, 0.5) is 17.5 Å². The summed E-state index contributed by atoms with van der Waals surface area (Å²) in [4.78, 5) is 79.3. The molecular formula is C45H59N10O22P3S2. The number of imidazole rings is 1. The van der Waals surface area contributed by atoms with Gasteiger partial charge in [-0.3, -0.25) is 23.2 Å². The Morgan fingerprint density at radius 1 is 0.878 bits per heavy atom. The molecule has 1 aliphatic carbocycles. The number of carbonyl (C=O) groups is 2. The predicted molar refractivity (Wildman–Crippen MR) is 286 cm³/mol. The first-order valence-electron chi connectivity index (χ1n) is 24.9. The molecule has 1 saturated heterocycles. The standard InChI is InChI=1S/C45H59N10O22P3S2/c1-4-47-29-18-16-27-33(28-17-19-30(48-5-2)40(82(70,71)72)38(28)75-37(27)39(29)81(67,68)69)25-13-8-9-14-26(25)43(59)54(3)22-12-15-32(56)49-20-10-6-7-11-21-50-45-53-34-41(46)51-24-52-42(34)55(45)44-36(58)35(57)31(74-44)23-73-79(63,64)77-80(65,66)76-78(60,61)62/h8-9,13-14,16-19,24,31,35-36,44,47,57-58H,4-7,10-12,15,20-23H2,1-3H3,(H,49,56)(H,50,53)(H,63,64)(H,65,66)(H2,46,51,52)(H2,60,61,62)(H,67,68,69)(H,70,71,72)/t31-,35-,36-,44-/m1/s1. The average Bonchev–Trinajstić information content (AvgIpc) is 2.20. The van der Waals surface area contributed by atoms with E-state index in [0.29, 0.717) is 32.2 Å². The van der Waals surface area contributed by atoms with Crippen molar-refractivity contribution in [1.82, 2.24) is 29.7 Å². The molecule has 2 aliphatic heterocycles. The Morgan fingerprint density at radius 2 is 1.59 bits per heavy atom. The van der Waals surface area contributed by atoms with Crippen LogP contribution in [-0.4, -0.2) is 157 Å². The Hall–Kier alpha value is -5.87. The van der Waals surface area contributed by atoms with Crippen LogP contribution in [0.2, 0.25) is 0 Å². The second-order valence-electron chi connectivity index (χ2n) is 18.3. The van der Waals surface area contributed by atoms with E-state index in [2.05, 4.69) is 49.0 Å². The molecule has 448 valence electrons. The number of aliphatic hydroxyl groups excluding tert-OH is 2. The minimum absolute atomic E-state index is 0.0399. The zero-order valence-corrected chi connectivity index (χ0v) is 48.0. The fourth-order valence-corrected chi connectivity index (χ4v) is 13.7. The lowest BCUT2D eigenvalue weighted by molar-refractivity contribution is -0.498. The first-order chi connectivity index (χ1) is 38.5. The van der Waals surface area contributed by atoms with Gasteiger partial charge in [-0.2, -0.15) is 17.0 Å². The highest BCUT2D eigenvalue weighted by Crippen LogP contribution is 2.66. The van der Waals surface area contributed by atoms with Crippen molar-refractivity contribution in [2.75, 3.05) is 62.7 Å². The van der Waals surface area contributed by atoms with Gasteiger partial charge in [0.25, 0.3) is 5.91 Å². The van der Waals surface area contributed by atoms with Gasteiger partial charge in [0.2, 0.25) is 22.1 Å². The number of hydrogen-bond acceptors (Lipinski definition) is 23. The fourth-order valence-electron chi connectivity index (χ4n) is 9.06. The first kappa shape index (κ1) is 63.7. The minimum atomic E-state index is -5.84. The molecule has 0 spiro atoms. The van der Waals surface area contributed by atoms with Gasteiger partial charge in [0.1, 0.15) is 46.2 Å². The number of benzene rings is 3. The summed E-state index contributed by atoms with van der Waals surface area (Å²) >= 11 is 0. The van der Waals surface area contributed by atoms with E-state index in [9.17, 15) is 69.2 Å². The van der Waals surface area contributed by atoms with E-state index in [4.69, 9.17) is 24.7 Å². The quantitative estimate of drug-likeness (QED) is 0.0149. The van der Waals surface area contributed by atoms with Crippen molar-refractivity contribution in [1.29, 1.82) is 0 Å². The molecule has 2 aromatic carbocycles. The second-order valence-corrected chi connectivity index (χ2v) is 25.4. The van der Waals surface area contributed by atoms with Crippen LogP contribution in [-0.2, 0) is 56.6 Å². The Kier molecular flexibility index (Phi) is 20.2. The number of amides is 2. The lowest BCUT2D eigenvalue weighted by Gasteiger charge is -2.23. The number of nitrogen functional groups attached to an aromatic ring is 1. The highest BCUT2D eigenvalue weighted by atomic mass is 32.2. The molecule has 4 aromatic rings. The van der Waals surface area contributed by atoms with Gasteiger partial charge in [0.15, 0.2) is 34.6 Å². The molecule has 1 fully saturated rings. The molecule has 32 nitrogen and oxygen atoms in total. The zero-order chi connectivity index (χ0) is 60.1. The van der Waals surface area contributed by atoms with Crippen LogP contribution >= 0.6 is 23.5 Å². The number of aromatic nitrogens is 4. The Labute approximate surface area is 467 Å². The highest BCUT2D eigenvalue weighted by molar-refractivity contribution is 7.86. The highest BCUT2D eigenvalue weighted by Gasteiger charge is 2.48. The zero-order valence-electron chi connectivity index (χ0n) is 43.7. The predicted octanol–water partition coefficient (Wildman–Crippen LogP) is 1.11. The van der Waals surface area contributed by atoms with E-state index in [1.165, 1.54) is 46.8 Å². The van der Waals surface area contributed by atoms with Gasteiger partial charge in [-0.25, -0.2) is 42.1 Å². The first-order valence-corrected chi connectivity index (χ1v) is 32.3. The SMILES string of the molecule is CCNc1ccc2c(-c3ccccc3C(=O)N(C)CCCC(=O)NCCCCCCNc3nc4c(N)ncnc4n3[C@@H]3O[C@H](COP(=O)(O)OP(=O)(O)OP(=O)(O)O)[C@@H](O)[C@H]3O)c3ccc(=[NH+]CC)c(S(=O)(=O)O)c-3oc2c1S(=O)(=O)[O-]. The molecule has 7 rings (SSSR count). The maximum absolute atomic E-state index is 14.3. The number of nitrogens with one attached hydrogen (secondary N) is 4. The van der Waals surface area contributed by atoms with Crippen molar-refractivity contribution in [3.63, 3.8) is 0 Å². The van der Waals surface area contributed by atoms with Gasteiger partial charge in [0.05, 0.1) is 12.3 Å². The van der Waals surface area contributed by atoms with E-state index in [1.807, 2.05) is 0 Å². The molecule has 37 heteroatoms. The molecular weight excluding hydrogens is 1190 g/mol. The number of aliphatic hydroxyl groups is 2. The summed E-state index contributed by atoms with van der Waals surface area (Å²) in [6.45, 7) is 3.39. The number of ether oxygens (including phenoxy) is 1. The smallest absolute Gasteiger partial charge is 0.490 e. The number of fused-ring (bicyclic) bond motifs is 3. The monoisotopic (exact) mass is 1250 g/mol. The number of hydrogen-bond donors (Lipinski definition) is 12. The van der Waals surface area contributed by atoms with E-state index in [1.54, 1.807) is 32.0 Å². The van der Waals surface area contributed by atoms with Crippen LogP contribution < -0.4 is 32.0 Å². The van der Waals surface area contributed by atoms with E-state index < -0.39 is 102 Å². The third-order valence-electron chi connectivity index (χ3n) is 12.5. The Balaban J connectivity index is 0.938. The van der Waals surface area contributed by atoms with Crippen molar-refractivity contribution < 1.29 is 106 Å². The van der Waals surface area contributed by atoms with Crippen LogP contribution in [0, 0.1) is 0 Å². The normalized spacial score (nSPS) is 18.6. The van der Waals surface area contributed by atoms with E-state index >= 15 is 0 Å². The largest absolute Gasteiger partial charge is 0.744 e. The van der Waals surface area contributed by atoms with Crippen LogP contribution in [0.5, 0.6) is 0 Å². The van der Waals surface area contributed by atoms with E-state index in [-0.39, 0.29) is 107 Å². The number of phosphoric acid groups is 3. The van der Waals surface area contributed by atoms with Gasteiger partial charge in [-0.1, -0.05) is 31.0 Å². The van der Waals surface area contributed by atoms with Crippen LogP contribution in [0.3, 0.4) is 0 Å². The van der Waals surface area contributed by atoms with Gasteiger partial charge < -0.3 is 70.1 Å². The summed E-state index contributed by atoms with van der Waals surface area (Å²) < 4.78 is 135. The lowest BCUT2D eigenvalue weighted by Crippen LogP contribution is -2.76. The maximum atomic E-state index is 14.3. The van der Waals surface area contributed by atoms with Crippen LogP contribution in [0.25, 0.3) is 44.6 Å². The molecule has 2 unspecified atom stereocenters. The average molecular weight is 1250 g/mol. The maximum Gasteiger partial charge on any atom is 0.490 e. The van der Waals surface area contributed by atoms with Gasteiger partial charge in [0, 0.05) is 67.8 Å². The number of rotatable bonds is 27. The number of nitrogens with two attached hydrogens (primary N) is 1. The van der Waals surface area contributed by atoms with Gasteiger partial charge in [-0.05, 0) is 62.9 Å². The Morgan fingerprint density at radius 3 is 2.26 bits per heavy atom. The van der Waals surface area contributed by atoms with Crippen LogP contribution in [0.1, 0.15) is 69.0 Å². The Bertz CT molecular complexity index is 3790. The number of phosphoric ester groups is 1. The second kappa shape index (κ2) is 26.0. The number of nitrogens with zero attached hydrogens (tertiary/aromatic N) is 5.